The van der Waals surface area contributed by atoms with Crippen LogP contribution in [-0.4, -0.2) is 13.6 Å². The topological polar surface area (TPSA) is 21.3 Å². The van der Waals surface area contributed by atoms with Gasteiger partial charge in [0.15, 0.2) is 0 Å². The molecule has 0 radical (unpaired) electrons. The molecule has 2 nitrogen and oxygen atoms in total. The van der Waals surface area contributed by atoms with Gasteiger partial charge < -0.3 is 10.1 Å². The smallest absolute Gasteiger partial charge is 0.416 e. The summed E-state index contributed by atoms with van der Waals surface area (Å²) in [7, 11) is 1.85. The highest BCUT2D eigenvalue weighted by atomic mass is 19.4. The van der Waals surface area contributed by atoms with E-state index in [0.29, 0.717) is 5.75 Å². The van der Waals surface area contributed by atoms with Crippen LogP contribution in [-0.2, 0) is 6.18 Å². The number of alkyl halides is 3. The summed E-state index contributed by atoms with van der Waals surface area (Å²) in [4.78, 5) is 0. The molecule has 0 saturated heterocycles. The lowest BCUT2D eigenvalue weighted by atomic mass is 10.1. The molecule has 1 atom stereocenters. The maximum Gasteiger partial charge on any atom is 0.416 e. The number of benzene rings is 2. The highest BCUT2D eigenvalue weighted by Crippen LogP contribution is 2.34. The Hall–Kier alpha value is -2.01. The van der Waals surface area contributed by atoms with Crippen LogP contribution in [0.5, 0.6) is 5.75 Å². The molecule has 2 aromatic carbocycles. The van der Waals surface area contributed by atoms with Crippen molar-refractivity contribution in [1.82, 2.24) is 5.32 Å². The minimum Gasteiger partial charge on any atom is -0.486 e. The summed E-state index contributed by atoms with van der Waals surface area (Å²) in [6, 6.07) is 13.6. The number of halogens is 3. The number of hydrogen-bond donors (Lipinski definition) is 1. The maximum absolute atomic E-state index is 12.8. The first-order valence-corrected chi connectivity index (χ1v) is 7.46. The van der Waals surface area contributed by atoms with E-state index in [9.17, 15) is 13.2 Å². The van der Waals surface area contributed by atoms with Crippen LogP contribution in [0.1, 0.15) is 29.2 Å². The van der Waals surface area contributed by atoms with Gasteiger partial charge in [0.05, 0.1) is 5.56 Å². The first-order chi connectivity index (χ1) is 10.9. The third-order valence-electron chi connectivity index (χ3n) is 3.61. The molecule has 1 unspecified atom stereocenters. The largest absolute Gasteiger partial charge is 0.486 e. The van der Waals surface area contributed by atoms with E-state index in [1.165, 1.54) is 19.1 Å². The Morgan fingerprint density at radius 2 is 1.78 bits per heavy atom. The van der Waals surface area contributed by atoms with Gasteiger partial charge in [-0.2, -0.15) is 13.2 Å². The lowest BCUT2D eigenvalue weighted by molar-refractivity contribution is -0.138. The van der Waals surface area contributed by atoms with Gasteiger partial charge in [-0.05, 0) is 49.8 Å². The van der Waals surface area contributed by atoms with Crippen LogP contribution in [0.4, 0.5) is 13.2 Å². The number of nitrogens with one attached hydrogen (secondary N) is 1. The molecule has 2 aromatic rings. The minimum absolute atomic E-state index is 0.162. The summed E-state index contributed by atoms with van der Waals surface area (Å²) in [6.07, 6.45) is -3.83. The average molecular weight is 323 g/mol. The number of rotatable bonds is 6. The van der Waals surface area contributed by atoms with Gasteiger partial charge in [0.25, 0.3) is 0 Å². The predicted octanol–water partition coefficient (Wildman–Crippen LogP) is 4.74. The van der Waals surface area contributed by atoms with Crippen molar-refractivity contribution >= 4 is 0 Å². The monoisotopic (exact) mass is 323 g/mol. The van der Waals surface area contributed by atoms with Crippen LogP contribution in [0.15, 0.2) is 48.5 Å². The molecule has 1 N–H and O–H groups in total. The van der Waals surface area contributed by atoms with Crippen molar-refractivity contribution in [1.29, 1.82) is 0 Å². The fraction of sp³-hybridized carbons (Fsp3) is 0.333. The third kappa shape index (κ3) is 4.73. The summed E-state index contributed by atoms with van der Waals surface area (Å²) >= 11 is 0. The van der Waals surface area contributed by atoms with E-state index in [2.05, 4.69) is 5.32 Å². The Balaban J connectivity index is 2.21. The molecule has 0 bridgehead atoms. The molecule has 2 rings (SSSR count). The Morgan fingerprint density at radius 1 is 1.09 bits per heavy atom. The SMILES string of the molecule is CNCCC(Oc1ccc(C(F)(F)F)c(C)c1)c1ccccc1. The van der Waals surface area contributed by atoms with Gasteiger partial charge in [-0.25, -0.2) is 0 Å². The van der Waals surface area contributed by atoms with E-state index in [4.69, 9.17) is 4.74 Å². The highest BCUT2D eigenvalue weighted by Gasteiger charge is 2.32. The average Bonchev–Trinajstić information content (AvgIpc) is 2.51. The molecule has 0 aliphatic carbocycles. The van der Waals surface area contributed by atoms with E-state index in [1.807, 2.05) is 37.4 Å². The van der Waals surface area contributed by atoms with Gasteiger partial charge in [-0.1, -0.05) is 30.3 Å². The molecule has 0 fully saturated rings. The summed E-state index contributed by atoms with van der Waals surface area (Å²) in [6.45, 7) is 2.19. The van der Waals surface area contributed by atoms with E-state index < -0.39 is 11.7 Å². The summed E-state index contributed by atoms with van der Waals surface area (Å²) in [5.41, 5.74) is 0.534. The third-order valence-corrected chi connectivity index (χ3v) is 3.61. The van der Waals surface area contributed by atoms with Crippen molar-refractivity contribution in [2.45, 2.75) is 25.6 Å². The maximum atomic E-state index is 12.8. The van der Waals surface area contributed by atoms with Crippen molar-refractivity contribution in [3.8, 4) is 5.75 Å². The molecule has 0 heterocycles. The second-order valence-corrected chi connectivity index (χ2v) is 5.38. The van der Waals surface area contributed by atoms with Gasteiger partial charge in [-0.15, -0.1) is 0 Å². The first kappa shape index (κ1) is 17.3. The molecule has 0 aliphatic heterocycles. The van der Waals surface area contributed by atoms with Gasteiger partial charge in [0.2, 0.25) is 0 Å². The Labute approximate surface area is 134 Å². The van der Waals surface area contributed by atoms with E-state index in [1.54, 1.807) is 0 Å². The second-order valence-electron chi connectivity index (χ2n) is 5.38. The molecule has 124 valence electrons. The summed E-state index contributed by atoms with van der Waals surface area (Å²) in [5, 5.41) is 3.07. The van der Waals surface area contributed by atoms with Gasteiger partial charge >= 0.3 is 6.18 Å². The number of aryl methyl sites for hydroxylation is 1. The predicted molar refractivity (Wildman–Crippen MR) is 84.5 cm³/mol. The van der Waals surface area contributed by atoms with Crippen LogP contribution in [0.2, 0.25) is 0 Å². The fourth-order valence-electron chi connectivity index (χ4n) is 2.43. The van der Waals surface area contributed by atoms with Crippen molar-refractivity contribution in [2.75, 3.05) is 13.6 Å². The zero-order valence-corrected chi connectivity index (χ0v) is 13.2. The number of hydrogen-bond acceptors (Lipinski definition) is 2. The molecule has 0 amide bonds. The van der Waals surface area contributed by atoms with Crippen LogP contribution < -0.4 is 10.1 Å². The quantitative estimate of drug-likeness (QED) is 0.829. The molecular formula is C18H20F3NO. The zero-order valence-electron chi connectivity index (χ0n) is 13.2. The van der Waals surface area contributed by atoms with Gasteiger partial charge in [0, 0.05) is 6.42 Å². The number of ether oxygens (including phenoxy) is 1. The van der Waals surface area contributed by atoms with Crippen molar-refractivity contribution < 1.29 is 17.9 Å². The molecule has 0 aromatic heterocycles. The van der Waals surface area contributed by atoms with Crippen LogP contribution >= 0.6 is 0 Å². The van der Waals surface area contributed by atoms with E-state index in [-0.39, 0.29) is 11.7 Å². The zero-order chi connectivity index (χ0) is 16.9. The first-order valence-electron chi connectivity index (χ1n) is 7.46. The fourth-order valence-corrected chi connectivity index (χ4v) is 2.43. The lowest BCUT2D eigenvalue weighted by Gasteiger charge is -2.20. The lowest BCUT2D eigenvalue weighted by Crippen LogP contribution is -2.16. The van der Waals surface area contributed by atoms with Crippen molar-refractivity contribution in [3.63, 3.8) is 0 Å². The normalized spacial score (nSPS) is 12.9. The Kier molecular flexibility index (Phi) is 5.66. The Bertz CT molecular complexity index is 626. The molecule has 23 heavy (non-hydrogen) atoms. The van der Waals surface area contributed by atoms with Crippen molar-refractivity contribution in [3.05, 3.63) is 65.2 Å². The van der Waals surface area contributed by atoms with E-state index in [0.717, 1.165) is 24.6 Å². The highest BCUT2D eigenvalue weighted by molar-refractivity contribution is 5.37. The molecule has 0 saturated carbocycles. The van der Waals surface area contributed by atoms with E-state index >= 15 is 0 Å². The molecular weight excluding hydrogens is 303 g/mol. The minimum atomic E-state index is -4.34. The van der Waals surface area contributed by atoms with Gasteiger partial charge in [0.1, 0.15) is 11.9 Å². The summed E-state index contributed by atoms with van der Waals surface area (Å²) in [5.74, 6) is 0.445. The standard InChI is InChI=1S/C18H20F3NO/c1-13-12-15(8-9-16(13)18(19,20)21)23-17(10-11-22-2)14-6-4-3-5-7-14/h3-9,12,17,22H,10-11H2,1-2H3. The summed E-state index contributed by atoms with van der Waals surface area (Å²) < 4.78 is 44.4. The second kappa shape index (κ2) is 7.51. The van der Waals surface area contributed by atoms with Crippen LogP contribution in [0.25, 0.3) is 0 Å². The molecule has 0 aliphatic rings. The molecule has 0 spiro atoms. The molecule has 5 heteroatoms. The Morgan fingerprint density at radius 3 is 2.35 bits per heavy atom. The van der Waals surface area contributed by atoms with Crippen LogP contribution in [0, 0.1) is 6.92 Å². The van der Waals surface area contributed by atoms with Crippen LogP contribution in [0.3, 0.4) is 0 Å². The van der Waals surface area contributed by atoms with Crippen molar-refractivity contribution in [2.24, 2.45) is 0 Å². The van der Waals surface area contributed by atoms with Gasteiger partial charge in [-0.3, -0.25) is 0 Å².